The third kappa shape index (κ3) is 9.25. The Bertz CT molecular complexity index is 180. The molecule has 70 valence electrons. The zero-order valence-electron chi connectivity index (χ0n) is 8.10. The molecule has 13 heavy (non-hydrogen) atoms. The summed E-state index contributed by atoms with van der Waals surface area (Å²) in [7, 11) is 1.37. The van der Waals surface area contributed by atoms with Gasteiger partial charge in [-0.2, -0.15) is 5.26 Å². The van der Waals surface area contributed by atoms with Crippen molar-refractivity contribution >= 4 is 6.98 Å². The molecule has 7 heteroatoms. The molecule has 0 saturated carbocycles. The molecule has 0 amide bonds. The van der Waals surface area contributed by atoms with Crippen LogP contribution < -0.4 is 51.4 Å². The molecule has 0 rings (SSSR count). The maximum Gasteiger partial charge on any atom is 1.00 e. The predicted molar refractivity (Wildman–Crippen MR) is 41.4 cm³/mol. The summed E-state index contributed by atoms with van der Waals surface area (Å²) in [5.41, 5.74) is 0. The third-order valence-electron chi connectivity index (χ3n) is 1.63. The summed E-state index contributed by atoms with van der Waals surface area (Å²) in [5, 5.41) is 8.23. The van der Waals surface area contributed by atoms with Gasteiger partial charge in [0.2, 0.25) is 0 Å². The van der Waals surface area contributed by atoms with E-state index in [1.807, 2.05) is 6.07 Å². The molecule has 0 aromatic heterocycles. The van der Waals surface area contributed by atoms with Crippen molar-refractivity contribution in [3.05, 3.63) is 0 Å². The van der Waals surface area contributed by atoms with Gasteiger partial charge in [0, 0.05) is 6.04 Å². The van der Waals surface area contributed by atoms with Crippen LogP contribution in [0.4, 0.5) is 12.9 Å². The Hall–Kier alpha value is 0.941. The molecule has 0 aromatic carbocycles. The Morgan fingerprint density at radius 1 is 1.46 bits per heavy atom. The Morgan fingerprint density at radius 2 is 1.92 bits per heavy atom. The average molecular weight is 218 g/mol. The van der Waals surface area contributed by atoms with Gasteiger partial charge in [0.25, 0.3) is 0 Å². The first-order valence-corrected chi connectivity index (χ1v) is 3.65. The van der Waals surface area contributed by atoms with Gasteiger partial charge in [-0.05, 0) is 20.4 Å². The Kier molecular flexibility index (Phi) is 9.15. The van der Waals surface area contributed by atoms with E-state index in [1.165, 1.54) is 7.05 Å². The third-order valence-corrected chi connectivity index (χ3v) is 1.63. The van der Waals surface area contributed by atoms with E-state index in [2.05, 4.69) is 0 Å². The van der Waals surface area contributed by atoms with Crippen molar-refractivity contribution in [2.45, 2.75) is 19.4 Å². The first-order valence-electron chi connectivity index (χ1n) is 3.65. The fourth-order valence-electron chi connectivity index (χ4n) is 0.794. The second-order valence-electron chi connectivity index (χ2n) is 2.86. The minimum absolute atomic E-state index is 0. The van der Waals surface area contributed by atoms with Crippen molar-refractivity contribution in [1.82, 2.24) is 4.90 Å². The SMILES string of the molecule is CC(CC#N)N(C)C[B-](F)(F)F.[K+]. The molecule has 1 atom stereocenters. The van der Waals surface area contributed by atoms with E-state index in [4.69, 9.17) is 5.26 Å². The number of halogens is 3. The van der Waals surface area contributed by atoms with Crippen molar-refractivity contribution < 1.29 is 64.3 Å². The van der Waals surface area contributed by atoms with Crippen molar-refractivity contribution in [2.75, 3.05) is 13.5 Å². The van der Waals surface area contributed by atoms with E-state index < -0.39 is 13.4 Å². The van der Waals surface area contributed by atoms with Crippen molar-refractivity contribution in [3.8, 4) is 6.07 Å². The molecule has 0 aliphatic heterocycles. The Morgan fingerprint density at radius 3 is 2.23 bits per heavy atom. The van der Waals surface area contributed by atoms with Gasteiger partial charge in [-0.3, -0.25) is 0 Å². The van der Waals surface area contributed by atoms with E-state index in [9.17, 15) is 12.9 Å². The van der Waals surface area contributed by atoms with Crippen LogP contribution in [0, 0.1) is 11.3 Å². The minimum atomic E-state index is -4.77. The van der Waals surface area contributed by atoms with E-state index in [1.54, 1.807) is 6.92 Å². The van der Waals surface area contributed by atoms with Crippen LogP contribution in [0.5, 0.6) is 0 Å². The standard InChI is InChI=1S/C6H11BF3N2.K/c1-6(3-4-11)12(2)5-7(8,9)10;/h6H,3,5H2,1-2H3;/q-1;+1. The molecule has 0 bridgehead atoms. The second-order valence-corrected chi connectivity index (χ2v) is 2.86. The van der Waals surface area contributed by atoms with E-state index in [0.717, 1.165) is 4.90 Å². The second kappa shape index (κ2) is 7.26. The van der Waals surface area contributed by atoms with Gasteiger partial charge in [0.05, 0.1) is 12.5 Å². The molecule has 0 aromatic rings. The van der Waals surface area contributed by atoms with Gasteiger partial charge in [-0.25, -0.2) is 0 Å². The van der Waals surface area contributed by atoms with Crippen LogP contribution in [0.15, 0.2) is 0 Å². The largest absolute Gasteiger partial charge is 1.00 e. The van der Waals surface area contributed by atoms with Crippen LogP contribution in [-0.2, 0) is 0 Å². The molecule has 0 heterocycles. The maximum atomic E-state index is 11.8. The number of hydrogen-bond donors (Lipinski definition) is 0. The van der Waals surface area contributed by atoms with Crippen LogP contribution in [0.2, 0.25) is 0 Å². The zero-order chi connectivity index (χ0) is 9.78. The van der Waals surface area contributed by atoms with Crippen molar-refractivity contribution in [1.29, 1.82) is 5.26 Å². The molecule has 1 unspecified atom stereocenters. The van der Waals surface area contributed by atoms with Gasteiger partial charge in [-0.1, -0.05) is 0 Å². The Labute approximate surface area is 119 Å². The number of hydrogen-bond acceptors (Lipinski definition) is 2. The van der Waals surface area contributed by atoms with Gasteiger partial charge in [0.1, 0.15) is 0 Å². The van der Waals surface area contributed by atoms with Crippen LogP contribution in [-0.4, -0.2) is 31.4 Å². The Balaban J connectivity index is 0. The predicted octanol–water partition coefficient (Wildman–Crippen LogP) is -1.39. The summed E-state index contributed by atoms with van der Waals surface area (Å²) in [4.78, 5) is 1.14. The maximum absolute atomic E-state index is 11.8. The van der Waals surface area contributed by atoms with Gasteiger partial charge < -0.3 is 17.8 Å². The van der Waals surface area contributed by atoms with E-state index >= 15 is 0 Å². The van der Waals surface area contributed by atoms with Crippen LogP contribution in [0.3, 0.4) is 0 Å². The first-order chi connectivity index (χ1) is 5.37. The summed E-state index contributed by atoms with van der Waals surface area (Å²) >= 11 is 0. The fraction of sp³-hybridized carbons (Fsp3) is 0.833. The average Bonchev–Trinajstić information content (AvgIpc) is 1.84. The summed E-state index contributed by atoms with van der Waals surface area (Å²) < 4.78 is 35.5. The zero-order valence-corrected chi connectivity index (χ0v) is 11.2. The van der Waals surface area contributed by atoms with E-state index in [-0.39, 0.29) is 63.8 Å². The summed E-state index contributed by atoms with van der Waals surface area (Å²) in [6.07, 6.45) is -0.772. The number of rotatable bonds is 4. The van der Waals surface area contributed by atoms with E-state index in [0.29, 0.717) is 0 Å². The molecule has 0 fully saturated rings. The minimum Gasteiger partial charge on any atom is -0.448 e. The molecule has 0 saturated heterocycles. The normalized spacial score (nSPS) is 13.3. The number of nitrogens with zero attached hydrogens (tertiary/aromatic N) is 2. The van der Waals surface area contributed by atoms with Gasteiger partial charge >= 0.3 is 58.4 Å². The molecular formula is C6H11BF3KN2. The van der Waals surface area contributed by atoms with Crippen LogP contribution in [0.25, 0.3) is 0 Å². The van der Waals surface area contributed by atoms with Crippen molar-refractivity contribution in [3.63, 3.8) is 0 Å². The molecular weight excluding hydrogens is 207 g/mol. The molecule has 0 spiro atoms. The molecule has 2 nitrogen and oxygen atoms in total. The first kappa shape index (κ1) is 16.4. The summed E-state index contributed by atoms with van der Waals surface area (Å²) in [5.74, 6) is 0. The molecule has 0 aliphatic rings. The monoisotopic (exact) mass is 218 g/mol. The fourth-order valence-corrected chi connectivity index (χ4v) is 0.794. The molecule has 0 radical (unpaired) electrons. The van der Waals surface area contributed by atoms with Gasteiger partial charge in [0.15, 0.2) is 0 Å². The van der Waals surface area contributed by atoms with Crippen LogP contribution in [0.1, 0.15) is 13.3 Å². The summed E-state index contributed by atoms with van der Waals surface area (Å²) in [6, 6.07) is 1.50. The topological polar surface area (TPSA) is 27.0 Å². The quantitative estimate of drug-likeness (QED) is 0.543. The summed E-state index contributed by atoms with van der Waals surface area (Å²) in [6.45, 7) is -3.17. The van der Waals surface area contributed by atoms with Crippen LogP contribution >= 0.6 is 0 Å². The van der Waals surface area contributed by atoms with Crippen molar-refractivity contribution in [2.24, 2.45) is 0 Å². The van der Waals surface area contributed by atoms with Gasteiger partial charge in [-0.15, -0.1) is 0 Å². The number of nitriles is 1. The molecule has 0 aliphatic carbocycles. The smallest absolute Gasteiger partial charge is 0.448 e. The molecule has 0 N–H and O–H groups in total.